The summed E-state index contributed by atoms with van der Waals surface area (Å²) < 4.78 is 5.49. The summed E-state index contributed by atoms with van der Waals surface area (Å²) in [6.07, 6.45) is 0. The molecule has 1 saturated heterocycles. The van der Waals surface area contributed by atoms with Gasteiger partial charge in [0, 0.05) is 37.3 Å². The number of nitrogens with zero attached hydrogens (tertiary/aromatic N) is 2. The van der Waals surface area contributed by atoms with Crippen molar-refractivity contribution in [1.29, 1.82) is 0 Å². The van der Waals surface area contributed by atoms with Crippen molar-refractivity contribution in [2.45, 2.75) is 26.4 Å². The number of benzene rings is 2. The van der Waals surface area contributed by atoms with Crippen molar-refractivity contribution in [3.05, 3.63) is 65.2 Å². The maximum Gasteiger partial charge on any atom is 0.254 e. The van der Waals surface area contributed by atoms with Gasteiger partial charge in [-0.05, 0) is 26.0 Å². The van der Waals surface area contributed by atoms with E-state index in [1.807, 2.05) is 49.1 Å². The van der Waals surface area contributed by atoms with Crippen LogP contribution < -0.4 is 4.74 Å². The Morgan fingerprint density at radius 1 is 1.07 bits per heavy atom. The minimum atomic E-state index is -0.625. The van der Waals surface area contributed by atoms with Crippen molar-refractivity contribution in [3.8, 4) is 5.75 Å². The molecule has 0 N–H and O–H groups in total. The number of methoxy groups -OCH3 is 1. The monoisotopic (exact) mass is 414 g/mol. The minimum Gasteiger partial charge on any atom is -0.496 e. The first kappa shape index (κ1) is 21.3. The van der Waals surface area contributed by atoms with Crippen LogP contribution >= 0.6 is 12.4 Å². The number of halogens is 1. The van der Waals surface area contributed by atoms with E-state index in [4.69, 9.17) is 4.74 Å². The zero-order chi connectivity index (χ0) is 19.9. The Labute approximate surface area is 178 Å². The third-order valence-corrected chi connectivity index (χ3v) is 6.20. The fourth-order valence-corrected chi connectivity index (χ4v) is 4.78. The van der Waals surface area contributed by atoms with Crippen molar-refractivity contribution in [3.63, 3.8) is 0 Å². The van der Waals surface area contributed by atoms with E-state index in [1.165, 1.54) is 0 Å². The number of ether oxygens (including phenoxy) is 1. The van der Waals surface area contributed by atoms with Gasteiger partial charge < -0.3 is 9.64 Å². The smallest absolute Gasteiger partial charge is 0.254 e. The number of carbonyl (C=O) groups is 2. The van der Waals surface area contributed by atoms with E-state index in [-0.39, 0.29) is 30.1 Å². The maximum atomic E-state index is 13.5. The highest BCUT2D eigenvalue weighted by atomic mass is 35.5. The quantitative estimate of drug-likeness (QED) is 0.766. The summed E-state index contributed by atoms with van der Waals surface area (Å²) in [6, 6.07) is 15.0. The van der Waals surface area contributed by atoms with Gasteiger partial charge in [-0.15, -0.1) is 12.4 Å². The molecule has 0 spiro atoms. The van der Waals surface area contributed by atoms with Gasteiger partial charge in [0.05, 0.1) is 24.1 Å². The predicted octanol–water partition coefficient (Wildman–Crippen LogP) is 3.67. The van der Waals surface area contributed by atoms with Crippen molar-refractivity contribution in [2.75, 3.05) is 26.7 Å². The van der Waals surface area contributed by atoms with Gasteiger partial charge >= 0.3 is 0 Å². The number of carbonyl (C=O) groups excluding carboxylic acids is 2. The lowest BCUT2D eigenvalue weighted by atomic mass is 9.78. The van der Waals surface area contributed by atoms with Gasteiger partial charge in [-0.3, -0.25) is 14.5 Å². The van der Waals surface area contributed by atoms with Crippen molar-refractivity contribution in [1.82, 2.24) is 9.80 Å². The molecule has 6 heteroatoms. The Balaban J connectivity index is 0.00000240. The van der Waals surface area contributed by atoms with Crippen LogP contribution in [0, 0.1) is 5.41 Å². The summed E-state index contributed by atoms with van der Waals surface area (Å²) in [6.45, 7) is 6.57. The Morgan fingerprint density at radius 2 is 1.72 bits per heavy atom. The number of amides is 1. The van der Waals surface area contributed by atoms with E-state index < -0.39 is 5.41 Å². The van der Waals surface area contributed by atoms with Gasteiger partial charge in [0.1, 0.15) is 5.75 Å². The maximum absolute atomic E-state index is 13.5. The Hall–Kier alpha value is -2.37. The third kappa shape index (κ3) is 3.43. The van der Waals surface area contributed by atoms with Gasteiger partial charge in [0.15, 0.2) is 5.78 Å². The number of Topliss-reactive ketones (excluding diaryl/α,β-unsaturated/α-hetero) is 1. The second kappa shape index (κ2) is 8.17. The summed E-state index contributed by atoms with van der Waals surface area (Å²) in [5.41, 5.74) is 1.55. The van der Waals surface area contributed by atoms with Crippen LogP contribution in [0.2, 0.25) is 0 Å². The SMILES string of the molecule is CCN1C(=O)c2ccccc2C(=O)[C@@]2(C)CN(Cc3ccccc3OC)C[C@@H]12.Cl. The van der Waals surface area contributed by atoms with Crippen LogP contribution in [0.1, 0.15) is 40.1 Å². The van der Waals surface area contributed by atoms with E-state index in [0.29, 0.717) is 37.3 Å². The molecule has 0 aromatic heterocycles. The first-order valence-electron chi connectivity index (χ1n) is 9.78. The minimum absolute atomic E-state index is 0. The predicted molar refractivity (Wildman–Crippen MR) is 115 cm³/mol. The number of likely N-dealkylation sites (tertiary alicyclic amines) is 1. The molecule has 2 aromatic rings. The van der Waals surface area contributed by atoms with Crippen LogP contribution in [0.25, 0.3) is 0 Å². The lowest BCUT2D eigenvalue weighted by Gasteiger charge is -2.34. The van der Waals surface area contributed by atoms with Crippen LogP contribution in [-0.2, 0) is 6.54 Å². The van der Waals surface area contributed by atoms with E-state index in [0.717, 1.165) is 11.3 Å². The zero-order valence-corrected chi connectivity index (χ0v) is 17.9. The van der Waals surface area contributed by atoms with Crippen LogP contribution in [0.4, 0.5) is 0 Å². The average Bonchev–Trinajstić information content (AvgIpc) is 3.02. The van der Waals surface area contributed by atoms with Crippen LogP contribution in [0.15, 0.2) is 48.5 Å². The summed E-state index contributed by atoms with van der Waals surface area (Å²) in [7, 11) is 1.67. The fourth-order valence-electron chi connectivity index (χ4n) is 4.78. The van der Waals surface area contributed by atoms with Gasteiger partial charge in [0.25, 0.3) is 5.91 Å². The van der Waals surface area contributed by atoms with Gasteiger partial charge in [-0.1, -0.05) is 36.4 Å². The van der Waals surface area contributed by atoms with Gasteiger partial charge in [-0.25, -0.2) is 0 Å². The number of hydrogen-bond donors (Lipinski definition) is 0. The molecule has 0 radical (unpaired) electrons. The van der Waals surface area contributed by atoms with E-state index in [2.05, 4.69) is 11.0 Å². The second-order valence-electron chi connectivity index (χ2n) is 7.88. The first-order valence-corrected chi connectivity index (χ1v) is 9.78. The number of likely N-dealkylation sites (N-methyl/N-ethyl adjacent to an activating group) is 1. The molecule has 2 aliphatic rings. The molecule has 2 aromatic carbocycles. The molecule has 0 aliphatic carbocycles. The molecule has 5 nitrogen and oxygen atoms in total. The van der Waals surface area contributed by atoms with Crippen molar-refractivity contribution < 1.29 is 14.3 Å². The molecule has 4 rings (SSSR count). The van der Waals surface area contributed by atoms with Crippen molar-refractivity contribution in [2.24, 2.45) is 5.41 Å². The molecule has 2 heterocycles. The molecule has 0 bridgehead atoms. The number of rotatable bonds is 4. The summed E-state index contributed by atoms with van der Waals surface area (Å²) >= 11 is 0. The number of hydrogen-bond acceptors (Lipinski definition) is 4. The highest BCUT2D eigenvalue weighted by molar-refractivity contribution is 6.12. The molecule has 2 aliphatic heterocycles. The number of para-hydroxylation sites is 1. The Morgan fingerprint density at radius 3 is 2.41 bits per heavy atom. The highest BCUT2D eigenvalue weighted by Crippen LogP contribution is 2.41. The normalized spacial score (nSPS) is 23.8. The van der Waals surface area contributed by atoms with Crippen LogP contribution in [-0.4, -0.2) is 54.3 Å². The largest absolute Gasteiger partial charge is 0.496 e. The number of fused-ring (bicyclic) bond motifs is 2. The zero-order valence-electron chi connectivity index (χ0n) is 17.1. The average molecular weight is 415 g/mol. The second-order valence-corrected chi connectivity index (χ2v) is 7.88. The van der Waals surface area contributed by atoms with E-state index in [1.54, 1.807) is 19.2 Å². The lowest BCUT2D eigenvalue weighted by molar-refractivity contribution is 0.0560. The topological polar surface area (TPSA) is 49.9 Å². The first-order chi connectivity index (χ1) is 13.5. The van der Waals surface area contributed by atoms with Crippen molar-refractivity contribution >= 4 is 24.1 Å². The van der Waals surface area contributed by atoms with E-state index >= 15 is 0 Å². The molecule has 2 atom stereocenters. The van der Waals surface area contributed by atoms with Gasteiger partial charge in [-0.2, -0.15) is 0 Å². The Bertz CT molecular complexity index is 932. The third-order valence-electron chi connectivity index (χ3n) is 6.20. The molecule has 29 heavy (non-hydrogen) atoms. The standard InChI is InChI=1S/C23H26N2O3.ClH/c1-4-25-20-14-24(13-16-9-5-8-12-19(16)28-3)15-23(20,2)21(26)17-10-6-7-11-18(17)22(25)27;/h5-12,20H,4,13-15H2,1-3H3;1H/t20-,23+;/m1./s1. The molecule has 1 amide bonds. The summed E-state index contributed by atoms with van der Waals surface area (Å²) in [5.74, 6) is 0.874. The number of ketones is 1. The van der Waals surface area contributed by atoms with E-state index in [9.17, 15) is 9.59 Å². The molecular formula is C23H27ClN2O3. The molecule has 0 unspecified atom stereocenters. The fraction of sp³-hybridized carbons (Fsp3) is 0.391. The summed E-state index contributed by atoms with van der Waals surface area (Å²) in [4.78, 5) is 30.9. The van der Waals surface area contributed by atoms with Crippen LogP contribution in [0.5, 0.6) is 5.75 Å². The molecule has 154 valence electrons. The molecule has 1 fully saturated rings. The molecule has 0 saturated carbocycles. The molecular weight excluding hydrogens is 388 g/mol. The van der Waals surface area contributed by atoms with Crippen LogP contribution in [0.3, 0.4) is 0 Å². The highest BCUT2D eigenvalue weighted by Gasteiger charge is 2.54. The summed E-state index contributed by atoms with van der Waals surface area (Å²) in [5, 5.41) is 0. The Kier molecular flexibility index (Phi) is 6.01. The lowest BCUT2D eigenvalue weighted by Crippen LogP contribution is -2.49. The van der Waals surface area contributed by atoms with Gasteiger partial charge in [0.2, 0.25) is 0 Å².